The number of rotatable bonds is 6. The summed E-state index contributed by atoms with van der Waals surface area (Å²) in [6.45, 7) is 2.71. The molecule has 0 aliphatic carbocycles. The van der Waals surface area contributed by atoms with Crippen molar-refractivity contribution >= 4 is 17.5 Å². The van der Waals surface area contributed by atoms with E-state index in [0.717, 1.165) is 35.9 Å². The topological polar surface area (TPSA) is 50.3 Å². The molecule has 0 saturated carbocycles. The van der Waals surface area contributed by atoms with Crippen LogP contribution in [-0.4, -0.2) is 23.1 Å². The van der Waals surface area contributed by atoms with Crippen molar-refractivity contribution in [3.8, 4) is 5.75 Å². The second kappa shape index (κ2) is 9.22. The van der Waals surface area contributed by atoms with Crippen molar-refractivity contribution in [2.24, 2.45) is 0 Å². The van der Waals surface area contributed by atoms with Crippen LogP contribution in [0, 0.1) is 0 Å². The van der Waals surface area contributed by atoms with Crippen LogP contribution in [0.4, 0.5) is 17.5 Å². The number of benzene rings is 2. The van der Waals surface area contributed by atoms with E-state index in [2.05, 4.69) is 27.3 Å². The van der Waals surface area contributed by atoms with E-state index in [1.807, 2.05) is 54.7 Å². The molecule has 0 unspecified atom stereocenters. The first-order valence-corrected chi connectivity index (χ1v) is 9.99. The second-order valence-electron chi connectivity index (χ2n) is 7.06. The Morgan fingerprint density at radius 2 is 1.61 bits per heavy atom. The molecule has 2 aromatic carbocycles. The lowest BCUT2D eigenvalue weighted by molar-refractivity contribution is 0.306. The van der Waals surface area contributed by atoms with E-state index in [1.54, 1.807) is 0 Å². The maximum Gasteiger partial charge on any atom is 0.229 e. The summed E-state index contributed by atoms with van der Waals surface area (Å²) in [5, 5.41) is 3.30. The molecule has 5 nitrogen and oxygen atoms in total. The van der Waals surface area contributed by atoms with Gasteiger partial charge in [0, 0.05) is 25.0 Å². The first-order chi connectivity index (χ1) is 13.9. The van der Waals surface area contributed by atoms with Crippen molar-refractivity contribution < 1.29 is 4.74 Å². The molecular weight excluding hydrogens is 348 g/mol. The van der Waals surface area contributed by atoms with Crippen molar-refractivity contribution in [3.05, 3.63) is 72.4 Å². The van der Waals surface area contributed by atoms with E-state index in [4.69, 9.17) is 9.72 Å². The monoisotopic (exact) mass is 374 g/mol. The summed E-state index contributed by atoms with van der Waals surface area (Å²) >= 11 is 0. The smallest absolute Gasteiger partial charge is 0.229 e. The standard InChI is InChI=1S/C23H26N4O/c1-2-7-17-27(16-6-1)22-14-15-24-23(26-22)25-20-10-12-21(13-11-20)28-18-19-8-4-3-5-9-19/h3-5,8-15H,1-2,6-7,16-18H2,(H,24,25,26). The summed E-state index contributed by atoms with van der Waals surface area (Å²) < 4.78 is 5.84. The van der Waals surface area contributed by atoms with Crippen LogP contribution in [0.5, 0.6) is 5.75 Å². The fourth-order valence-corrected chi connectivity index (χ4v) is 3.39. The van der Waals surface area contributed by atoms with E-state index in [1.165, 1.54) is 25.7 Å². The van der Waals surface area contributed by atoms with Crippen LogP contribution in [0.2, 0.25) is 0 Å². The Balaban J connectivity index is 1.37. The molecule has 5 heteroatoms. The van der Waals surface area contributed by atoms with Crippen LogP contribution in [0.1, 0.15) is 31.2 Å². The first kappa shape index (κ1) is 18.3. The third-order valence-corrected chi connectivity index (χ3v) is 4.93. The highest BCUT2D eigenvalue weighted by Crippen LogP contribution is 2.22. The summed E-state index contributed by atoms with van der Waals surface area (Å²) in [5.74, 6) is 2.47. The molecule has 1 aliphatic heterocycles. The van der Waals surface area contributed by atoms with Gasteiger partial charge in [0.15, 0.2) is 0 Å². The minimum Gasteiger partial charge on any atom is -0.489 e. The lowest BCUT2D eigenvalue weighted by Gasteiger charge is -2.21. The normalized spacial score (nSPS) is 14.4. The predicted molar refractivity (Wildman–Crippen MR) is 113 cm³/mol. The van der Waals surface area contributed by atoms with Crippen LogP contribution in [0.25, 0.3) is 0 Å². The van der Waals surface area contributed by atoms with Gasteiger partial charge in [-0.05, 0) is 48.7 Å². The molecule has 4 rings (SSSR count). The third kappa shape index (κ3) is 5.00. The molecule has 1 saturated heterocycles. The van der Waals surface area contributed by atoms with Crippen molar-refractivity contribution in [3.63, 3.8) is 0 Å². The molecule has 1 fully saturated rings. The van der Waals surface area contributed by atoms with Gasteiger partial charge in [0.25, 0.3) is 0 Å². The number of ether oxygens (including phenoxy) is 1. The number of nitrogens with zero attached hydrogens (tertiary/aromatic N) is 3. The summed E-state index contributed by atoms with van der Waals surface area (Å²) in [6, 6.07) is 20.1. The Hall–Kier alpha value is -3.08. The van der Waals surface area contributed by atoms with E-state index in [9.17, 15) is 0 Å². The molecule has 1 N–H and O–H groups in total. The average molecular weight is 374 g/mol. The van der Waals surface area contributed by atoms with Crippen LogP contribution < -0.4 is 15.0 Å². The van der Waals surface area contributed by atoms with Crippen LogP contribution in [0.3, 0.4) is 0 Å². The summed E-state index contributed by atoms with van der Waals surface area (Å²) in [4.78, 5) is 11.4. The zero-order valence-corrected chi connectivity index (χ0v) is 16.1. The molecule has 3 aromatic rings. The molecule has 28 heavy (non-hydrogen) atoms. The Morgan fingerprint density at radius 1 is 0.857 bits per heavy atom. The minimum atomic E-state index is 0.564. The molecule has 0 amide bonds. The molecule has 1 aromatic heterocycles. The molecule has 1 aliphatic rings. The van der Waals surface area contributed by atoms with E-state index in [-0.39, 0.29) is 0 Å². The molecule has 144 valence electrons. The van der Waals surface area contributed by atoms with Crippen molar-refractivity contribution in [2.45, 2.75) is 32.3 Å². The zero-order valence-electron chi connectivity index (χ0n) is 16.1. The van der Waals surface area contributed by atoms with Crippen molar-refractivity contribution in [2.75, 3.05) is 23.3 Å². The number of hydrogen-bond acceptors (Lipinski definition) is 5. The highest BCUT2D eigenvalue weighted by molar-refractivity contribution is 5.56. The lowest BCUT2D eigenvalue weighted by atomic mass is 10.2. The van der Waals surface area contributed by atoms with Gasteiger partial charge in [0.05, 0.1) is 0 Å². The Morgan fingerprint density at radius 3 is 2.36 bits per heavy atom. The van der Waals surface area contributed by atoms with Gasteiger partial charge < -0.3 is 15.0 Å². The highest BCUT2D eigenvalue weighted by Gasteiger charge is 2.12. The van der Waals surface area contributed by atoms with Gasteiger partial charge in [-0.15, -0.1) is 0 Å². The Bertz CT molecular complexity index is 859. The quantitative estimate of drug-likeness (QED) is 0.644. The maximum atomic E-state index is 5.84. The fourth-order valence-electron chi connectivity index (χ4n) is 3.39. The summed E-state index contributed by atoms with van der Waals surface area (Å²) in [6.07, 6.45) is 6.91. The summed E-state index contributed by atoms with van der Waals surface area (Å²) in [5.41, 5.74) is 2.10. The highest BCUT2D eigenvalue weighted by atomic mass is 16.5. The largest absolute Gasteiger partial charge is 0.489 e. The Labute approximate surface area is 166 Å². The minimum absolute atomic E-state index is 0.564. The van der Waals surface area contributed by atoms with Crippen LogP contribution in [-0.2, 0) is 6.61 Å². The molecular formula is C23H26N4O. The molecule has 0 radical (unpaired) electrons. The summed E-state index contributed by atoms with van der Waals surface area (Å²) in [7, 11) is 0. The predicted octanol–water partition coefficient (Wildman–Crippen LogP) is 5.18. The molecule has 0 atom stereocenters. The molecule has 0 spiro atoms. The van der Waals surface area contributed by atoms with Gasteiger partial charge in [-0.1, -0.05) is 43.2 Å². The lowest BCUT2D eigenvalue weighted by Crippen LogP contribution is -2.25. The molecule has 0 bridgehead atoms. The first-order valence-electron chi connectivity index (χ1n) is 9.99. The maximum absolute atomic E-state index is 5.84. The van der Waals surface area contributed by atoms with Crippen molar-refractivity contribution in [1.82, 2.24) is 9.97 Å². The fraction of sp³-hybridized carbons (Fsp3) is 0.304. The SMILES string of the molecule is c1ccc(COc2ccc(Nc3nccc(N4CCCCCC4)n3)cc2)cc1. The van der Waals surface area contributed by atoms with E-state index < -0.39 is 0 Å². The third-order valence-electron chi connectivity index (χ3n) is 4.93. The molecule has 2 heterocycles. The van der Waals surface area contributed by atoms with E-state index in [0.29, 0.717) is 12.6 Å². The number of anilines is 3. The van der Waals surface area contributed by atoms with Crippen LogP contribution in [0.15, 0.2) is 66.9 Å². The number of nitrogens with one attached hydrogen (secondary N) is 1. The van der Waals surface area contributed by atoms with Crippen molar-refractivity contribution in [1.29, 1.82) is 0 Å². The second-order valence-corrected chi connectivity index (χ2v) is 7.06. The van der Waals surface area contributed by atoms with Gasteiger partial charge in [-0.2, -0.15) is 4.98 Å². The Kier molecular flexibility index (Phi) is 6.02. The van der Waals surface area contributed by atoms with Gasteiger partial charge >= 0.3 is 0 Å². The van der Waals surface area contributed by atoms with Gasteiger partial charge in [0.1, 0.15) is 18.2 Å². The van der Waals surface area contributed by atoms with Crippen LogP contribution >= 0.6 is 0 Å². The van der Waals surface area contributed by atoms with Gasteiger partial charge in [-0.25, -0.2) is 4.98 Å². The number of hydrogen-bond donors (Lipinski definition) is 1. The van der Waals surface area contributed by atoms with Gasteiger partial charge in [0.2, 0.25) is 5.95 Å². The number of aromatic nitrogens is 2. The van der Waals surface area contributed by atoms with Gasteiger partial charge in [-0.3, -0.25) is 0 Å². The average Bonchev–Trinajstić information content (AvgIpc) is 3.04. The zero-order chi connectivity index (χ0) is 19.0. The van der Waals surface area contributed by atoms with E-state index >= 15 is 0 Å².